The maximum atomic E-state index is 6.92. The fourth-order valence-electron chi connectivity index (χ4n) is 5.10. The van der Waals surface area contributed by atoms with Crippen molar-refractivity contribution in [1.82, 2.24) is 0 Å². The largest absolute Gasteiger partial charge is 0.499 e. The summed E-state index contributed by atoms with van der Waals surface area (Å²) >= 11 is 2.69. The Morgan fingerprint density at radius 1 is 0.647 bits per heavy atom. The van der Waals surface area contributed by atoms with Crippen LogP contribution in [-0.2, 0) is 21.5 Å². The van der Waals surface area contributed by atoms with Crippen LogP contribution in [0.25, 0.3) is 0 Å². The van der Waals surface area contributed by atoms with Crippen molar-refractivity contribution in [3.8, 4) is 0 Å². The third-order valence-electron chi connectivity index (χ3n) is 5.48. The van der Waals surface area contributed by atoms with Crippen molar-refractivity contribution in [1.29, 1.82) is 0 Å². The molecule has 1 unspecified atom stereocenters. The minimum atomic E-state index is -2.61. The molecule has 34 heavy (non-hydrogen) atoms. The Labute approximate surface area is 233 Å². The van der Waals surface area contributed by atoms with Gasteiger partial charge < -0.3 is 21.5 Å². The van der Waals surface area contributed by atoms with Gasteiger partial charge >= 0.3 is 8.80 Å². The Kier molecular flexibility index (Phi) is 15.6. The van der Waals surface area contributed by atoms with Gasteiger partial charge in [-0.3, -0.25) is 0 Å². The zero-order valence-corrected chi connectivity index (χ0v) is 33.7. The molecule has 203 valence electrons. The molecule has 0 aromatic carbocycles. The predicted octanol–water partition coefficient (Wildman–Crippen LogP) is 7.93. The summed E-state index contributed by atoms with van der Waals surface area (Å²) in [4.78, 5) is 0. The molecule has 0 aliphatic heterocycles. The molecule has 0 rings (SSSR count). The standard InChI is InChI=1S/C20H54BIO5PSi6/c1-23-34(24-2,25-3)20-33(13,14)26-30(7,8)17-15-16-21-28(22)18-31(9,10)27-32(11,12)19-29(4,5)6/h15-20H2,1-14H3. The molecule has 0 aliphatic carbocycles. The van der Waals surface area contributed by atoms with Crippen LogP contribution in [0.3, 0.4) is 0 Å². The Bertz CT molecular complexity index is 598. The molecule has 0 saturated heterocycles. The average molecular weight is 712 g/mol. The Morgan fingerprint density at radius 2 is 1.09 bits per heavy atom. The molecular weight excluding hydrogens is 657 g/mol. The van der Waals surface area contributed by atoms with E-state index in [9.17, 15) is 0 Å². The van der Waals surface area contributed by atoms with Gasteiger partial charge in [0.25, 0.3) is 0 Å². The minimum absolute atomic E-state index is 0.0999. The molecule has 0 bridgehead atoms. The quantitative estimate of drug-likeness (QED) is 0.0626. The van der Waals surface area contributed by atoms with E-state index >= 15 is 0 Å². The van der Waals surface area contributed by atoms with Crippen LogP contribution in [0.4, 0.5) is 0 Å². The molecule has 1 radical (unpaired) electrons. The lowest BCUT2D eigenvalue weighted by atomic mass is 10.0. The van der Waals surface area contributed by atoms with E-state index in [0.717, 1.165) is 5.67 Å². The molecule has 0 aromatic rings. The third-order valence-corrected chi connectivity index (χ3v) is 39.7. The van der Waals surface area contributed by atoms with Crippen LogP contribution in [0.15, 0.2) is 0 Å². The third kappa shape index (κ3) is 16.3. The van der Waals surface area contributed by atoms with E-state index in [-0.39, 0.29) is 5.44 Å². The van der Waals surface area contributed by atoms with Gasteiger partial charge in [0, 0.05) is 35.1 Å². The van der Waals surface area contributed by atoms with Crippen molar-refractivity contribution >= 4 is 84.6 Å². The fourth-order valence-corrected chi connectivity index (χ4v) is 50.0. The summed E-state index contributed by atoms with van der Waals surface area (Å²) in [7, 11) is -5.53. The SMILES string of the molecule is CO[Si](C[Si](C)(C)O[Si](C)(C)CCC[B]P(I)C[Si](C)(C)O[Si](C)(C)C[Si](C)(C)C)(OC)OC. The molecular formula is C20H54BIO5PSi6. The predicted molar refractivity (Wildman–Crippen MR) is 178 cm³/mol. The summed E-state index contributed by atoms with van der Waals surface area (Å²) < 4.78 is 30.7. The zero-order chi connectivity index (χ0) is 27.1. The highest BCUT2D eigenvalue weighted by molar-refractivity contribution is 14.2. The van der Waals surface area contributed by atoms with Crippen LogP contribution >= 0.6 is 27.5 Å². The normalized spacial score (nSPS) is 15.5. The molecule has 0 aromatic heterocycles. The average Bonchev–Trinajstić information content (AvgIpc) is 2.59. The molecule has 5 nitrogen and oxygen atoms in total. The van der Waals surface area contributed by atoms with E-state index in [2.05, 4.69) is 101 Å². The van der Waals surface area contributed by atoms with E-state index in [1.807, 2.05) is 0 Å². The van der Waals surface area contributed by atoms with Crippen molar-refractivity contribution in [3.05, 3.63) is 0 Å². The smallest absolute Gasteiger partial charge is 0.455 e. The number of hydrogen-bond donors (Lipinski definition) is 0. The van der Waals surface area contributed by atoms with E-state index in [0.29, 0.717) is 0 Å². The molecule has 0 spiro atoms. The molecule has 0 saturated carbocycles. The van der Waals surface area contributed by atoms with Gasteiger partial charge in [0.2, 0.25) is 0 Å². The lowest BCUT2D eigenvalue weighted by Crippen LogP contribution is -2.54. The molecule has 0 amide bonds. The summed E-state index contributed by atoms with van der Waals surface area (Å²) in [5.74, 6) is 1.28. The van der Waals surface area contributed by atoms with Crippen molar-refractivity contribution in [3.63, 3.8) is 0 Å². The second kappa shape index (κ2) is 14.6. The highest BCUT2D eigenvalue weighted by Gasteiger charge is 2.47. The van der Waals surface area contributed by atoms with Crippen LogP contribution in [0.1, 0.15) is 6.42 Å². The van der Waals surface area contributed by atoms with E-state index in [4.69, 9.17) is 21.5 Å². The Hall–Kier alpha value is 2.33. The number of rotatable bonds is 18. The Balaban J connectivity index is 4.63. The first kappa shape index (κ1) is 36.3. The highest BCUT2D eigenvalue weighted by Crippen LogP contribution is 2.47. The second-order valence-electron chi connectivity index (χ2n) is 13.1. The summed E-state index contributed by atoms with van der Waals surface area (Å²) in [5.41, 5.74) is 2.06. The van der Waals surface area contributed by atoms with Crippen molar-refractivity contribution in [2.45, 2.75) is 102 Å². The summed E-state index contributed by atoms with van der Waals surface area (Å²) in [5, 5.41) is 0. The number of halogens is 1. The molecule has 0 N–H and O–H groups in total. The first-order valence-corrected chi connectivity index (χ1v) is 34.9. The number of hydrogen-bond acceptors (Lipinski definition) is 5. The molecule has 0 aliphatic rings. The topological polar surface area (TPSA) is 46.2 Å². The van der Waals surface area contributed by atoms with E-state index in [1.165, 1.54) is 30.2 Å². The molecule has 14 heteroatoms. The Morgan fingerprint density at radius 3 is 1.53 bits per heavy atom. The highest BCUT2D eigenvalue weighted by atomic mass is 127. The molecule has 0 fully saturated rings. The van der Waals surface area contributed by atoms with Crippen LogP contribution in [0.5, 0.6) is 0 Å². The van der Waals surface area contributed by atoms with Crippen LogP contribution in [0, 0.1) is 0 Å². The first-order valence-electron chi connectivity index (χ1n) is 12.4. The van der Waals surface area contributed by atoms with Crippen LogP contribution < -0.4 is 0 Å². The maximum absolute atomic E-state index is 6.92. The molecule has 0 heterocycles. The van der Waals surface area contributed by atoms with Gasteiger partial charge in [-0.1, -0.05) is 59.9 Å². The second-order valence-corrected chi connectivity index (χ2v) is 46.0. The van der Waals surface area contributed by atoms with E-state index < -0.39 is 50.1 Å². The lowest BCUT2D eigenvalue weighted by molar-refractivity contribution is 0.127. The summed E-state index contributed by atoms with van der Waals surface area (Å²) in [6, 6.07) is 1.19. The van der Waals surface area contributed by atoms with Crippen molar-refractivity contribution in [2.24, 2.45) is 0 Å². The van der Waals surface area contributed by atoms with Gasteiger partial charge in [0.1, 0.15) is 0 Å². The van der Waals surface area contributed by atoms with E-state index in [1.54, 1.807) is 21.3 Å². The zero-order valence-electron chi connectivity index (χ0n) is 24.7. The van der Waals surface area contributed by atoms with Crippen LogP contribution in [0.2, 0.25) is 95.7 Å². The summed E-state index contributed by atoms with van der Waals surface area (Å²) in [6.45, 7) is 29.0. The maximum Gasteiger partial charge on any atom is 0.499 e. The van der Waals surface area contributed by atoms with Gasteiger partial charge in [-0.15, -0.1) is 0 Å². The lowest BCUT2D eigenvalue weighted by Gasteiger charge is -2.38. The van der Waals surface area contributed by atoms with Gasteiger partial charge in [0.05, 0.1) is 0 Å². The molecule has 1 atom stereocenters. The minimum Gasteiger partial charge on any atom is -0.455 e. The van der Waals surface area contributed by atoms with Crippen LogP contribution in [-0.4, -0.2) is 84.3 Å². The fraction of sp³-hybridized carbons (Fsp3) is 1.00. The van der Waals surface area contributed by atoms with Gasteiger partial charge in [-0.2, -0.15) is 0 Å². The van der Waals surface area contributed by atoms with Crippen molar-refractivity contribution < 1.29 is 21.5 Å². The van der Waals surface area contributed by atoms with Gasteiger partial charge in [0.15, 0.2) is 40.3 Å². The van der Waals surface area contributed by atoms with Crippen molar-refractivity contribution in [2.75, 3.05) is 27.1 Å². The van der Waals surface area contributed by atoms with Gasteiger partial charge in [-0.05, 0) is 69.9 Å². The monoisotopic (exact) mass is 711 g/mol. The first-order chi connectivity index (χ1) is 15.1. The van der Waals surface area contributed by atoms with Gasteiger partial charge in [-0.25, -0.2) is 0 Å². The summed E-state index contributed by atoms with van der Waals surface area (Å²) in [6.07, 6.45) is 2.40.